The molecule has 3 nitrogen and oxygen atoms in total. The Labute approximate surface area is 188 Å². The molecule has 0 bridgehead atoms. The molecule has 0 aliphatic heterocycles. The lowest BCUT2D eigenvalue weighted by Crippen LogP contribution is -2.09. The number of nitrogens with two attached hydrogens (primary N) is 1. The van der Waals surface area contributed by atoms with E-state index in [1.807, 2.05) is 29.0 Å². The summed E-state index contributed by atoms with van der Waals surface area (Å²) in [4.78, 5) is 12.7. The average Bonchev–Trinajstić information content (AvgIpc) is 3.15. The summed E-state index contributed by atoms with van der Waals surface area (Å²) >= 11 is 0. The van der Waals surface area contributed by atoms with Crippen molar-refractivity contribution < 1.29 is 4.79 Å². The Balaban J connectivity index is 1.58. The van der Waals surface area contributed by atoms with Crippen LogP contribution < -0.4 is 5.73 Å². The molecule has 1 aromatic carbocycles. The van der Waals surface area contributed by atoms with Crippen molar-refractivity contribution in [2.75, 3.05) is 6.54 Å². The Morgan fingerprint density at radius 3 is 2.35 bits per heavy atom. The minimum atomic E-state index is 0.195. The zero-order chi connectivity index (χ0) is 22.2. The first-order chi connectivity index (χ1) is 15.3. The van der Waals surface area contributed by atoms with Crippen LogP contribution >= 0.6 is 0 Å². The molecular weight excluding hydrogens is 380 g/mol. The summed E-state index contributed by atoms with van der Waals surface area (Å²) in [5, 5.41) is 1.15. The lowest BCUT2D eigenvalue weighted by atomic mass is 10.1. The molecule has 0 radical (unpaired) electrons. The third-order valence-corrected chi connectivity index (χ3v) is 5.52. The summed E-state index contributed by atoms with van der Waals surface area (Å²) in [5.74, 6) is 0.195. The fourth-order valence-electron chi connectivity index (χ4n) is 3.83. The number of unbranched alkanes of at least 4 members (excludes halogenated alkanes) is 5. The maximum Gasteiger partial charge on any atom is 0.231 e. The van der Waals surface area contributed by atoms with Gasteiger partial charge in [0.25, 0.3) is 0 Å². The van der Waals surface area contributed by atoms with Crippen molar-refractivity contribution in [3.05, 3.63) is 72.5 Å². The predicted octanol–water partition coefficient (Wildman–Crippen LogP) is 7.37. The summed E-state index contributed by atoms with van der Waals surface area (Å²) in [6.07, 6.45) is 27.0. The van der Waals surface area contributed by atoms with Crippen molar-refractivity contribution in [1.82, 2.24) is 4.57 Å². The van der Waals surface area contributed by atoms with Crippen molar-refractivity contribution in [2.45, 2.75) is 77.6 Å². The average molecular weight is 421 g/mol. The van der Waals surface area contributed by atoms with Crippen molar-refractivity contribution in [3.8, 4) is 0 Å². The molecule has 1 aromatic heterocycles. The van der Waals surface area contributed by atoms with Crippen LogP contribution in [-0.4, -0.2) is 17.0 Å². The van der Waals surface area contributed by atoms with Crippen LogP contribution in [0.4, 0.5) is 0 Å². The van der Waals surface area contributed by atoms with Gasteiger partial charge in [-0.15, -0.1) is 0 Å². The normalized spacial score (nSPS) is 12.2. The van der Waals surface area contributed by atoms with E-state index in [9.17, 15) is 4.79 Å². The van der Waals surface area contributed by atoms with Gasteiger partial charge in [0.05, 0.1) is 5.52 Å². The number of para-hydroxylation sites is 1. The number of carbonyl (C=O) groups is 1. The Morgan fingerprint density at radius 1 is 0.903 bits per heavy atom. The van der Waals surface area contributed by atoms with Crippen LogP contribution in [0.1, 0.15) is 81.5 Å². The van der Waals surface area contributed by atoms with Gasteiger partial charge in [-0.25, -0.2) is 0 Å². The van der Waals surface area contributed by atoms with Crippen LogP contribution in [0, 0.1) is 0 Å². The second-order valence-electron chi connectivity index (χ2n) is 8.07. The minimum Gasteiger partial charge on any atom is -0.330 e. The van der Waals surface area contributed by atoms with Gasteiger partial charge in [0, 0.05) is 18.0 Å². The van der Waals surface area contributed by atoms with Gasteiger partial charge in [0.2, 0.25) is 5.91 Å². The van der Waals surface area contributed by atoms with Crippen LogP contribution in [0.3, 0.4) is 0 Å². The van der Waals surface area contributed by atoms with E-state index in [1.165, 1.54) is 24.8 Å². The summed E-state index contributed by atoms with van der Waals surface area (Å²) in [6.45, 7) is 2.76. The minimum absolute atomic E-state index is 0.195. The highest BCUT2D eigenvalue weighted by molar-refractivity contribution is 5.94. The van der Waals surface area contributed by atoms with Gasteiger partial charge >= 0.3 is 0 Å². The third-order valence-electron chi connectivity index (χ3n) is 5.52. The molecule has 0 amide bonds. The lowest BCUT2D eigenvalue weighted by molar-refractivity contribution is 0.0904. The molecule has 0 aliphatic carbocycles. The standard InChI is InChI=1S/C28H40N2O/c1-2-3-4-5-6-7-8-9-10-11-12-13-14-15-16-21-28(31)30-24-25(22-23-29)26-19-17-18-20-27(26)30/h3-4,6-7,9-10,17-20,24H,2,5,8,11-16,21-23,29H2,1H3/b4-3-,7-6-,10-9-. The monoisotopic (exact) mass is 420 g/mol. The Bertz CT molecular complexity index is 857. The highest BCUT2D eigenvalue weighted by atomic mass is 16.2. The van der Waals surface area contributed by atoms with Crippen LogP contribution in [0.25, 0.3) is 10.9 Å². The molecule has 0 spiro atoms. The highest BCUT2D eigenvalue weighted by Gasteiger charge is 2.12. The zero-order valence-electron chi connectivity index (χ0n) is 19.3. The molecule has 2 aromatic rings. The molecule has 0 saturated carbocycles. The third kappa shape index (κ3) is 9.10. The molecule has 0 unspecified atom stereocenters. The number of fused-ring (bicyclic) bond motifs is 1. The number of nitrogens with zero attached hydrogens (tertiary/aromatic N) is 1. The first-order valence-corrected chi connectivity index (χ1v) is 12.0. The van der Waals surface area contributed by atoms with Crippen molar-refractivity contribution in [1.29, 1.82) is 0 Å². The van der Waals surface area contributed by atoms with Crippen LogP contribution in [0.2, 0.25) is 0 Å². The van der Waals surface area contributed by atoms with Gasteiger partial charge in [-0.3, -0.25) is 9.36 Å². The Hall–Kier alpha value is -2.39. The Morgan fingerprint density at radius 2 is 1.58 bits per heavy atom. The molecule has 2 rings (SSSR count). The zero-order valence-corrected chi connectivity index (χ0v) is 19.3. The van der Waals surface area contributed by atoms with Crippen molar-refractivity contribution in [2.24, 2.45) is 5.73 Å². The maximum atomic E-state index is 12.7. The molecular formula is C28H40N2O. The quantitative estimate of drug-likeness (QED) is 0.241. The van der Waals surface area contributed by atoms with E-state index in [0.717, 1.165) is 55.8 Å². The van der Waals surface area contributed by atoms with E-state index in [0.29, 0.717) is 13.0 Å². The SMILES string of the molecule is CC/C=C\C/C=C\C/C=C\CCCCCCCC(=O)n1cc(CCN)c2ccccc21. The Kier molecular flexibility index (Phi) is 12.4. The number of aromatic nitrogens is 1. The largest absolute Gasteiger partial charge is 0.330 e. The molecule has 0 saturated heterocycles. The fraction of sp³-hybridized carbons (Fsp3) is 0.464. The smallest absolute Gasteiger partial charge is 0.231 e. The summed E-state index contributed by atoms with van der Waals surface area (Å²) in [7, 11) is 0. The summed E-state index contributed by atoms with van der Waals surface area (Å²) in [5.41, 5.74) is 7.91. The number of hydrogen-bond acceptors (Lipinski definition) is 2. The molecule has 3 heteroatoms. The van der Waals surface area contributed by atoms with E-state index in [-0.39, 0.29) is 5.91 Å². The number of benzene rings is 1. The number of rotatable bonds is 15. The van der Waals surface area contributed by atoms with Crippen LogP contribution in [-0.2, 0) is 6.42 Å². The molecule has 168 valence electrons. The van der Waals surface area contributed by atoms with Gasteiger partial charge in [0.15, 0.2) is 0 Å². The first kappa shape index (κ1) is 24.9. The molecule has 2 N–H and O–H groups in total. The van der Waals surface area contributed by atoms with Crippen molar-refractivity contribution in [3.63, 3.8) is 0 Å². The van der Waals surface area contributed by atoms with Gasteiger partial charge in [-0.05, 0) is 63.1 Å². The second-order valence-corrected chi connectivity index (χ2v) is 8.07. The lowest BCUT2D eigenvalue weighted by Gasteiger charge is -2.04. The summed E-state index contributed by atoms with van der Waals surface area (Å²) in [6, 6.07) is 8.13. The topological polar surface area (TPSA) is 48.0 Å². The molecule has 0 fully saturated rings. The second kappa shape index (κ2) is 15.4. The van der Waals surface area contributed by atoms with Crippen molar-refractivity contribution >= 4 is 16.8 Å². The number of allylic oxidation sites excluding steroid dienone is 6. The van der Waals surface area contributed by atoms with Crippen LogP contribution in [0.5, 0.6) is 0 Å². The molecule has 0 atom stereocenters. The summed E-state index contributed by atoms with van der Waals surface area (Å²) < 4.78 is 1.83. The number of hydrogen-bond donors (Lipinski definition) is 1. The van der Waals surface area contributed by atoms with E-state index in [4.69, 9.17) is 5.73 Å². The molecule has 1 heterocycles. The molecule has 31 heavy (non-hydrogen) atoms. The van der Waals surface area contributed by atoms with Crippen LogP contribution in [0.15, 0.2) is 66.9 Å². The number of carbonyl (C=O) groups excluding carboxylic acids is 1. The van der Waals surface area contributed by atoms with E-state index in [1.54, 1.807) is 0 Å². The predicted molar refractivity (Wildman–Crippen MR) is 135 cm³/mol. The first-order valence-electron chi connectivity index (χ1n) is 12.0. The fourth-order valence-corrected chi connectivity index (χ4v) is 3.83. The van der Waals surface area contributed by atoms with E-state index >= 15 is 0 Å². The van der Waals surface area contributed by atoms with Gasteiger partial charge in [0.1, 0.15) is 0 Å². The van der Waals surface area contributed by atoms with Gasteiger partial charge in [-0.1, -0.05) is 80.8 Å². The molecule has 0 aliphatic rings. The maximum absolute atomic E-state index is 12.7. The van der Waals surface area contributed by atoms with Gasteiger partial charge < -0.3 is 5.73 Å². The van der Waals surface area contributed by atoms with E-state index in [2.05, 4.69) is 49.4 Å². The highest BCUT2D eigenvalue weighted by Crippen LogP contribution is 2.22. The van der Waals surface area contributed by atoms with E-state index < -0.39 is 0 Å². The van der Waals surface area contributed by atoms with Gasteiger partial charge in [-0.2, -0.15) is 0 Å².